The smallest absolute Gasteiger partial charge is 0.399 e. The van der Waals surface area contributed by atoms with Crippen LogP contribution in [0.3, 0.4) is 0 Å². The predicted octanol–water partition coefficient (Wildman–Crippen LogP) is 4.06. The first-order valence-electron chi connectivity index (χ1n) is 7.08. The zero-order chi connectivity index (χ0) is 15.0. The summed E-state index contributed by atoms with van der Waals surface area (Å²) in [5.74, 6) is 0. The molecule has 1 heterocycles. The predicted molar refractivity (Wildman–Crippen MR) is 86.5 cm³/mol. The lowest BCUT2D eigenvalue weighted by atomic mass is 9.78. The standard InChI is InChI=1S/C16H22BClO2/c1-6-7-8-12-9-10-13(14(18)11-12)17-19-15(2,3)16(4,5)20-17/h7-11H,6H2,1-5H3. The maximum Gasteiger partial charge on any atom is 0.496 e. The van der Waals surface area contributed by atoms with Gasteiger partial charge in [0.1, 0.15) is 0 Å². The highest BCUT2D eigenvalue weighted by Crippen LogP contribution is 2.37. The average molecular weight is 293 g/mol. The maximum absolute atomic E-state index is 6.38. The summed E-state index contributed by atoms with van der Waals surface area (Å²) in [5.41, 5.74) is 1.29. The first-order valence-corrected chi connectivity index (χ1v) is 7.46. The third kappa shape index (κ3) is 2.95. The lowest BCUT2D eigenvalue weighted by molar-refractivity contribution is 0.00578. The number of rotatable bonds is 3. The zero-order valence-corrected chi connectivity index (χ0v) is 13.6. The van der Waals surface area contributed by atoms with Gasteiger partial charge in [-0.15, -0.1) is 0 Å². The summed E-state index contributed by atoms with van der Waals surface area (Å²) in [7, 11) is -0.406. The summed E-state index contributed by atoms with van der Waals surface area (Å²) in [6, 6.07) is 5.98. The van der Waals surface area contributed by atoms with Crippen LogP contribution in [0.5, 0.6) is 0 Å². The summed E-state index contributed by atoms with van der Waals surface area (Å²) in [5, 5.41) is 0.682. The van der Waals surface area contributed by atoms with Gasteiger partial charge in [0.25, 0.3) is 0 Å². The summed E-state index contributed by atoms with van der Waals surface area (Å²) < 4.78 is 12.1. The number of allylic oxidation sites excluding steroid dienone is 1. The van der Waals surface area contributed by atoms with Gasteiger partial charge in [-0.2, -0.15) is 0 Å². The van der Waals surface area contributed by atoms with Crippen LogP contribution in [-0.2, 0) is 9.31 Å². The van der Waals surface area contributed by atoms with Crippen molar-refractivity contribution >= 4 is 30.3 Å². The van der Waals surface area contributed by atoms with E-state index < -0.39 is 7.12 Å². The van der Waals surface area contributed by atoms with Gasteiger partial charge in [0.2, 0.25) is 0 Å². The Morgan fingerprint density at radius 3 is 2.25 bits per heavy atom. The third-order valence-corrected chi connectivity index (χ3v) is 4.41. The molecule has 0 aliphatic carbocycles. The molecule has 1 aromatic carbocycles. The van der Waals surface area contributed by atoms with Gasteiger partial charge in [-0.3, -0.25) is 0 Å². The van der Waals surface area contributed by atoms with E-state index >= 15 is 0 Å². The van der Waals surface area contributed by atoms with Crippen LogP contribution in [0.4, 0.5) is 0 Å². The molecule has 1 fully saturated rings. The Hall–Kier alpha value is -0.765. The van der Waals surface area contributed by atoms with Crippen molar-refractivity contribution < 1.29 is 9.31 Å². The molecule has 1 aromatic rings. The molecular weight excluding hydrogens is 270 g/mol. The van der Waals surface area contributed by atoms with Crippen molar-refractivity contribution in [3.63, 3.8) is 0 Å². The van der Waals surface area contributed by atoms with Gasteiger partial charge in [0.15, 0.2) is 0 Å². The van der Waals surface area contributed by atoms with Crippen LogP contribution in [0.15, 0.2) is 24.3 Å². The molecule has 0 bridgehead atoms. The van der Waals surface area contributed by atoms with Crippen molar-refractivity contribution in [2.45, 2.75) is 52.2 Å². The molecule has 0 N–H and O–H groups in total. The van der Waals surface area contributed by atoms with Gasteiger partial charge in [-0.05, 0) is 45.7 Å². The molecule has 0 atom stereocenters. The van der Waals surface area contributed by atoms with E-state index in [0.29, 0.717) is 5.02 Å². The zero-order valence-electron chi connectivity index (χ0n) is 12.9. The first-order chi connectivity index (χ1) is 9.27. The Morgan fingerprint density at radius 1 is 1.15 bits per heavy atom. The molecule has 0 spiro atoms. The van der Waals surface area contributed by atoms with Crippen LogP contribution in [0.25, 0.3) is 6.08 Å². The normalized spacial score (nSPS) is 20.8. The fraction of sp³-hybridized carbons (Fsp3) is 0.500. The molecule has 0 amide bonds. The van der Waals surface area contributed by atoms with Gasteiger partial charge in [-0.25, -0.2) is 0 Å². The van der Waals surface area contributed by atoms with E-state index in [0.717, 1.165) is 17.4 Å². The average Bonchev–Trinajstić information content (AvgIpc) is 2.55. The Bertz CT molecular complexity index is 507. The van der Waals surface area contributed by atoms with E-state index in [2.05, 4.69) is 19.1 Å². The monoisotopic (exact) mass is 292 g/mol. The van der Waals surface area contributed by atoms with Gasteiger partial charge in [-0.1, -0.05) is 42.8 Å². The van der Waals surface area contributed by atoms with Crippen molar-refractivity contribution in [2.24, 2.45) is 0 Å². The third-order valence-electron chi connectivity index (χ3n) is 4.08. The van der Waals surface area contributed by atoms with Crippen molar-refractivity contribution in [3.05, 3.63) is 34.9 Å². The fourth-order valence-electron chi connectivity index (χ4n) is 2.06. The topological polar surface area (TPSA) is 18.5 Å². The van der Waals surface area contributed by atoms with Crippen LogP contribution < -0.4 is 5.46 Å². The number of hydrogen-bond acceptors (Lipinski definition) is 2. The summed E-state index contributed by atoms with van der Waals surface area (Å²) in [6.07, 6.45) is 5.19. The summed E-state index contributed by atoms with van der Waals surface area (Å²) in [4.78, 5) is 0. The Morgan fingerprint density at radius 2 is 1.75 bits per heavy atom. The first kappa shape index (κ1) is 15.6. The second kappa shape index (κ2) is 5.55. The van der Waals surface area contributed by atoms with Crippen molar-refractivity contribution in [2.75, 3.05) is 0 Å². The minimum Gasteiger partial charge on any atom is -0.399 e. The van der Waals surface area contributed by atoms with Gasteiger partial charge >= 0.3 is 7.12 Å². The van der Waals surface area contributed by atoms with Crippen LogP contribution in [0.2, 0.25) is 5.02 Å². The molecule has 2 nitrogen and oxygen atoms in total. The highest BCUT2D eigenvalue weighted by molar-refractivity contribution is 6.65. The lowest BCUT2D eigenvalue weighted by Crippen LogP contribution is -2.41. The lowest BCUT2D eigenvalue weighted by Gasteiger charge is -2.32. The molecule has 2 rings (SSSR count). The number of benzene rings is 1. The molecule has 1 aliphatic heterocycles. The second-order valence-corrected chi connectivity index (χ2v) is 6.59. The van der Waals surface area contributed by atoms with Crippen molar-refractivity contribution in [1.29, 1.82) is 0 Å². The van der Waals surface area contributed by atoms with Gasteiger partial charge in [0, 0.05) is 10.5 Å². The molecule has 0 radical (unpaired) electrons. The summed E-state index contributed by atoms with van der Waals surface area (Å²) in [6.45, 7) is 10.3. The fourth-order valence-corrected chi connectivity index (χ4v) is 2.34. The molecule has 4 heteroatoms. The van der Waals surface area contributed by atoms with Gasteiger partial charge in [0.05, 0.1) is 11.2 Å². The van der Waals surface area contributed by atoms with Crippen LogP contribution >= 0.6 is 11.6 Å². The van der Waals surface area contributed by atoms with E-state index in [1.165, 1.54) is 0 Å². The maximum atomic E-state index is 6.38. The minimum atomic E-state index is -0.406. The Balaban J connectivity index is 2.25. The SMILES string of the molecule is CCC=Cc1ccc(B2OC(C)(C)C(C)(C)O2)c(Cl)c1. The van der Waals surface area contributed by atoms with Crippen LogP contribution in [0, 0.1) is 0 Å². The Kier molecular flexibility index (Phi) is 4.34. The molecular formula is C16H22BClO2. The quantitative estimate of drug-likeness (QED) is 0.782. The number of halogens is 1. The van der Waals surface area contributed by atoms with E-state index in [1.54, 1.807) is 0 Å². The molecule has 0 unspecified atom stereocenters. The summed E-state index contributed by atoms with van der Waals surface area (Å²) >= 11 is 6.38. The molecule has 0 aromatic heterocycles. The minimum absolute atomic E-state index is 0.345. The van der Waals surface area contributed by atoms with Crippen molar-refractivity contribution in [1.82, 2.24) is 0 Å². The molecule has 1 saturated heterocycles. The van der Waals surface area contributed by atoms with E-state index in [1.807, 2.05) is 45.9 Å². The molecule has 1 aliphatic rings. The Labute approximate surface area is 127 Å². The van der Waals surface area contributed by atoms with E-state index in [4.69, 9.17) is 20.9 Å². The van der Waals surface area contributed by atoms with Crippen LogP contribution in [-0.4, -0.2) is 18.3 Å². The number of hydrogen-bond donors (Lipinski definition) is 0. The molecule has 20 heavy (non-hydrogen) atoms. The molecule has 108 valence electrons. The second-order valence-electron chi connectivity index (χ2n) is 6.18. The van der Waals surface area contributed by atoms with E-state index in [-0.39, 0.29) is 11.2 Å². The van der Waals surface area contributed by atoms with E-state index in [9.17, 15) is 0 Å². The van der Waals surface area contributed by atoms with Crippen molar-refractivity contribution in [3.8, 4) is 0 Å². The molecule has 0 saturated carbocycles. The van der Waals surface area contributed by atoms with Gasteiger partial charge < -0.3 is 9.31 Å². The largest absolute Gasteiger partial charge is 0.496 e. The highest BCUT2D eigenvalue weighted by atomic mass is 35.5. The van der Waals surface area contributed by atoms with Crippen LogP contribution in [0.1, 0.15) is 46.6 Å². The highest BCUT2D eigenvalue weighted by Gasteiger charge is 2.52.